The van der Waals surface area contributed by atoms with Crippen molar-refractivity contribution in [1.29, 1.82) is 0 Å². The van der Waals surface area contributed by atoms with Crippen LogP contribution in [-0.4, -0.2) is 5.91 Å². The molecule has 0 radical (unpaired) electrons. The van der Waals surface area contributed by atoms with Crippen LogP contribution in [-0.2, 0) is 13.0 Å². The first-order valence-corrected chi connectivity index (χ1v) is 4.53. The van der Waals surface area contributed by atoms with Gasteiger partial charge in [0.2, 0.25) is 0 Å². The number of carbonyl (C=O) groups excluding carboxylic acids is 1. The second-order valence-electron chi connectivity index (χ2n) is 3.27. The minimum Gasteiger partial charge on any atom is -0.348 e. The third kappa shape index (κ3) is 1.19. The van der Waals surface area contributed by atoms with Gasteiger partial charge in [-0.1, -0.05) is 6.92 Å². The Balaban J connectivity index is 2.60. The molecule has 1 aliphatic rings. The van der Waals surface area contributed by atoms with Crippen LogP contribution in [0.1, 0.15) is 28.4 Å². The Labute approximate surface area is 81.3 Å². The molecule has 1 N–H and O–H groups in total. The number of hydrogen-bond donors (Lipinski definition) is 1. The van der Waals surface area contributed by atoms with Crippen molar-refractivity contribution in [3.8, 4) is 0 Å². The Morgan fingerprint density at radius 1 is 1.50 bits per heavy atom. The minimum absolute atomic E-state index is 0.0628. The highest BCUT2D eigenvalue weighted by Gasteiger charge is 2.20. The highest BCUT2D eigenvalue weighted by atomic mass is 16.3. The van der Waals surface area contributed by atoms with E-state index in [9.17, 15) is 9.70 Å². The quantitative estimate of drug-likeness (QED) is 0.724. The average Bonchev–Trinajstić information content (AvgIpc) is 2.58. The highest BCUT2D eigenvalue weighted by molar-refractivity contribution is 5.99. The van der Waals surface area contributed by atoms with Crippen molar-refractivity contribution < 1.29 is 4.79 Å². The van der Waals surface area contributed by atoms with E-state index in [1.807, 2.05) is 6.92 Å². The smallest absolute Gasteiger partial charge is 0.251 e. The van der Waals surface area contributed by atoms with E-state index in [2.05, 4.69) is 10.5 Å². The molecule has 4 nitrogen and oxygen atoms in total. The summed E-state index contributed by atoms with van der Waals surface area (Å²) >= 11 is 0. The van der Waals surface area contributed by atoms with Crippen molar-refractivity contribution >= 4 is 11.6 Å². The van der Waals surface area contributed by atoms with Crippen LogP contribution in [0.3, 0.4) is 0 Å². The Morgan fingerprint density at radius 2 is 2.29 bits per heavy atom. The lowest BCUT2D eigenvalue weighted by Gasteiger charge is -2.02. The average molecular weight is 190 g/mol. The molecule has 72 valence electrons. The molecule has 0 aromatic heterocycles. The molecular weight excluding hydrogens is 180 g/mol. The van der Waals surface area contributed by atoms with Gasteiger partial charge in [0.25, 0.3) is 5.91 Å². The molecule has 4 heteroatoms. The predicted octanol–water partition coefficient (Wildman–Crippen LogP) is 1.89. The molecule has 0 unspecified atom stereocenters. The summed E-state index contributed by atoms with van der Waals surface area (Å²) in [6.45, 7) is 2.43. The molecule has 1 heterocycles. The van der Waals surface area contributed by atoms with E-state index < -0.39 is 0 Å². The number of fused-ring (bicyclic) bond motifs is 1. The van der Waals surface area contributed by atoms with Gasteiger partial charge in [-0.2, -0.15) is 0 Å². The number of nitrogens with zero attached hydrogens (tertiary/aromatic N) is 1. The van der Waals surface area contributed by atoms with Gasteiger partial charge in [0.05, 0.1) is 0 Å². The molecule has 14 heavy (non-hydrogen) atoms. The molecule has 1 aromatic carbocycles. The molecule has 0 aliphatic carbocycles. The van der Waals surface area contributed by atoms with Crippen molar-refractivity contribution in [3.05, 3.63) is 33.7 Å². The minimum atomic E-state index is -0.0628. The number of amides is 1. The van der Waals surface area contributed by atoms with Crippen LogP contribution in [0.25, 0.3) is 0 Å². The highest BCUT2D eigenvalue weighted by Crippen LogP contribution is 2.27. The van der Waals surface area contributed by atoms with Crippen molar-refractivity contribution in [1.82, 2.24) is 5.32 Å². The van der Waals surface area contributed by atoms with Gasteiger partial charge in [-0.15, -0.1) is 4.91 Å². The maximum absolute atomic E-state index is 11.3. The van der Waals surface area contributed by atoms with Gasteiger partial charge in [-0.3, -0.25) is 4.79 Å². The van der Waals surface area contributed by atoms with Crippen LogP contribution in [0.2, 0.25) is 0 Å². The van der Waals surface area contributed by atoms with E-state index in [1.165, 1.54) is 0 Å². The van der Waals surface area contributed by atoms with Gasteiger partial charge in [-0.25, -0.2) is 0 Å². The zero-order chi connectivity index (χ0) is 10.1. The summed E-state index contributed by atoms with van der Waals surface area (Å²) in [5.41, 5.74) is 2.81. The maximum Gasteiger partial charge on any atom is 0.251 e. The maximum atomic E-state index is 11.3. The Hall–Kier alpha value is -1.71. The van der Waals surface area contributed by atoms with E-state index in [4.69, 9.17) is 0 Å². The monoisotopic (exact) mass is 190 g/mol. The Bertz CT molecular complexity index is 413. The lowest BCUT2D eigenvalue weighted by atomic mass is 10.0. The van der Waals surface area contributed by atoms with E-state index in [0.29, 0.717) is 24.2 Å². The number of carbonyl (C=O) groups is 1. The predicted molar refractivity (Wildman–Crippen MR) is 52.4 cm³/mol. The first kappa shape index (κ1) is 8.87. The summed E-state index contributed by atoms with van der Waals surface area (Å²) in [7, 11) is 0. The fraction of sp³-hybridized carbons (Fsp3) is 0.300. The van der Waals surface area contributed by atoms with Gasteiger partial charge in [0.1, 0.15) is 5.69 Å². The molecular formula is C10H10N2O2. The molecule has 0 bridgehead atoms. The van der Waals surface area contributed by atoms with Gasteiger partial charge < -0.3 is 5.32 Å². The summed E-state index contributed by atoms with van der Waals surface area (Å²) in [4.78, 5) is 21.8. The van der Waals surface area contributed by atoms with E-state index in [0.717, 1.165) is 11.1 Å². The Kier molecular flexibility index (Phi) is 2.04. The van der Waals surface area contributed by atoms with Crippen LogP contribution >= 0.6 is 0 Å². The van der Waals surface area contributed by atoms with Crippen LogP contribution < -0.4 is 5.32 Å². The zero-order valence-electron chi connectivity index (χ0n) is 7.83. The lowest BCUT2D eigenvalue weighted by Crippen LogP contribution is -2.12. The number of hydrogen-bond acceptors (Lipinski definition) is 3. The largest absolute Gasteiger partial charge is 0.348 e. The third-order valence-corrected chi connectivity index (χ3v) is 2.47. The SMILES string of the molecule is CCc1cc2c(cc1N=O)CNC2=O. The van der Waals surface area contributed by atoms with Gasteiger partial charge in [0.15, 0.2) is 0 Å². The number of benzene rings is 1. The number of aryl methyl sites for hydroxylation is 1. The summed E-state index contributed by atoms with van der Waals surface area (Å²) < 4.78 is 0. The van der Waals surface area contributed by atoms with Crippen LogP contribution in [0.4, 0.5) is 5.69 Å². The number of nitrogens with one attached hydrogen (secondary N) is 1. The Morgan fingerprint density at radius 3 is 2.93 bits per heavy atom. The van der Waals surface area contributed by atoms with Gasteiger partial charge in [-0.05, 0) is 34.9 Å². The topological polar surface area (TPSA) is 58.5 Å². The summed E-state index contributed by atoms with van der Waals surface area (Å²) in [5, 5.41) is 5.66. The van der Waals surface area contributed by atoms with Crippen molar-refractivity contribution in [3.63, 3.8) is 0 Å². The molecule has 1 amide bonds. The van der Waals surface area contributed by atoms with Crippen molar-refractivity contribution in [2.75, 3.05) is 0 Å². The first-order chi connectivity index (χ1) is 6.76. The second kappa shape index (κ2) is 3.21. The first-order valence-electron chi connectivity index (χ1n) is 4.53. The molecule has 0 saturated carbocycles. The molecule has 2 rings (SSSR count). The summed E-state index contributed by atoms with van der Waals surface area (Å²) in [5.74, 6) is -0.0628. The fourth-order valence-electron chi connectivity index (χ4n) is 1.67. The zero-order valence-corrected chi connectivity index (χ0v) is 7.83. The fourth-order valence-corrected chi connectivity index (χ4v) is 1.67. The van der Waals surface area contributed by atoms with Gasteiger partial charge >= 0.3 is 0 Å². The van der Waals surface area contributed by atoms with Crippen LogP contribution in [0.15, 0.2) is 17.3 Å². The molecule has 1 aliphatic heterocycles. The molecule has 1 aromatic rings. The molecule has 0 atom stereocenters. The van der Waals surface area contributed by atoms with Crippen LogP contribution in [0, 0.1) is 4.91 Å². The summed E-state index contributed by atoms with van der Waals surface area (Å²) in [6, 6.07) is 3.45. The van der Waals surface area contributed by atoms with E-state index in [-0.39, 0.29) is 5.91 Å². The van der Waals surface area contributed by atoms with E-state index in [1.54, 1.807) is 12.1 Å². The van der Waals surface area contributed by atoms with Crippen molar-refractivity contribution in [2.45, 2.75) is 19.9 Å². The second-order valence-corrected chi connectivity index (χ2v) is 3.27. The third-order valence-electron chi connectivity index (χ3n) is 2.47. The molecule has 0 spiro atoms. The number of nitroso groups, excluding NO2 is 1. The van der Waals surface area contributed by atoms with E-state index >= 15 is 0 Å². The van der Waals surface area contributed by atoms with Crippen LogP contribution in [0.5, 0.6) is 0 Å². The lowest BCUT2D eigenvalue weighted by molar-refractivity contribution is 0.0965. The number of rotatable bonds is 2. The van der Waals surface area contributed by atoms with Crippen molar-refractivity contribution in [2.24, 2.45) is 5.18 Å². The normalized spacial score (nSPS) is 13.6. The molecule has 0 fully saturated rings. The standard InChI is InChI=1S/C10H10N2O2/c1-2-6-3-8-7(4-9(6)12-14)5-11-10(8)13/h3-4H,2,5H2,1H3,(H,11,13). The molecule has 0 saturated heterocycles. The summed E-state index contributed by atoms with van der Waals surface area (Å²) in [6.07, 6.45) is 0.710. The van der Waals surface area contributed by atoms with Gasteiger partial charge in [0, 0.05) is 12.1 Å².